The Morgan fingerprint density at radius 2 is 2.60 bits per heavy atom. The summed E-state index contributed by atoms with van der Waals surface area (Å²) in [5, 5.41) is 14.9. The smallest absolute Gasteiger partial charge is 0.146 e. The molecule has 1 unspecified atom stereocenters. The van der Waals surface area contributed by atoms with Crippen LogP contribution in [0.3, 0.4) is 0 Å². The summed E-state index contributed by atoms with van der Waals surface area (Å²) >= 11 is 0. The average molecular weight is 209 g/mol. The molecule has 1 aliphatic heterocycles. The normalized spacial score (nSPS) is 21.8. The summed E-state index contributed by atoms with van der Waals surface area (Å²) in [7, 11) is 0. The van der Waals surface area contributed by atoms with E-state index in [1.165, 1.54) is 12.8 Å². The van der Waals surface area contributed by atoms with Crippen LogP contribution in [0.1, 0.15) is 25.6 Å². The molecule has 0 radical (unpaired) electrons. The van der Waals surface area contributed by atoms with Crippen molar-refractivity contribution in [2.45, 2.75) is 38.9 Å². The molecule has 1 aromatic rings. The van der Waals surface area contributed by atoms with Gasteiger partial charge in [0.25, 0.3) is 0 Å². The Morgan fingerprint density at radius 3 is 3.33 bits per heavy atom. The van der Waals surface area contributed by atoms with E-state index in [2.05, 4.69) is 32.3 Å². The van der Waals surface area contributed by atoms with Gasteiger partial charge in [-0.3, -0.25) is 0 Å². The number of hydrogen-bond acceptors (Lipinski definition) is 4. The summed E-state index contributed by atoms with van der Waals surface area (Å²) in [5.41, 5.74) is 0. The molecule has 5 nitrogen and oxygen atoms in total. The van der Waals surface area contributed by atoms with Crippen LogP contribution in [0.25, 0.3) is 0 Å². The summed E-state index contributed by atoms with van der Waals surface area (Å²) in [6, 6.07) is 0.584. The van der Waals surface area contributed by atoms with Crippen LogP contribution in [0.2, 0.25) is 0 Å². The van der Waals surface area contributed by atoms with Crippen LogP contribution in [-0.2, 0) is 13.1 Å². The topological polar surface area (TPSA) is 54.8 Å². The van der Waals surface area contributed by atoms with Crippen LogP contribution in [0, 0.1) is 0 Å². The van der Waals surface area contributed by atoms with Crippen molar-refractivity contribution in [3.63, 3.8) is 0 Å². The number of piperidine rings is 1. The Labute approximate surface area is 90.3 Å². The van der Waals surface area contributed by atoms with Gasteiger partial charge in [0.05, 0.1) is 6.54 Å². The molecule has 0 aliphatic carbocycles. The van der Waals surface area contributed by atoms with Gasteiger partial charge in [-0.1, -0.05) is 0 Å². The first-order chi connectivity index (χ1) is 7.40. The molecule has 1 aromatic heterocycles. The number of nitrogens with zero attached hydrogens (tertiary/aromatic N) is 3. The van der Waals surface area contributed by atoms with Crippen molar-refractivity contribution in [1.29, 1.82) is 0 Å². The SMILES string of the molecule is CCn1cnnc1CNC1CCCNC1. The Bertz CT molecular complexity index is 290. The second kappa shape index (κ2) is 5.23. The molecule has 0 saturated carbocycles. The number of aromatic nitrogens is 3. The monoisotopic (exact) mass is 209 g/mol. The van der Waals surface area contributed by atoms with E-state index in [0.29, 0.717) is 6.04 Å². The van der Waals surface area contributed by atoms with Crippen molar-refractivity contribution in [3.05, 3.63) is 12.2 Å². The number of aryl methyl sites for hydroxylation is 1. The second-order valence-corrected chi connectivity index (χ2v) is 3.96. The van der Waals surface area contributed by atoms with Crippen LogP contribution in [-0.4, -0.2) is 33.9 Å². The lowest BCUT2D eigenvalue weighted by atomic mass is 10.1. The van der Waals surface area contributed by atoms with Crippen LogP contribution < -0.4 is 10.6 Å². The summed E-state index contributed by atoms with van der Waals surface area (Å²) in [6.07, 6.45) is 4.31. The van der Waals surface area contributed by atoms with Crippen molar-refractivity contribution < 1.29 is 0 Å². The van der Waals surface area contributed by atoms with E-state index in [4.69, 9.17) is 0 Å². The van der Waals surface area contributed by atoms with Crippen molar-refractivity contribution >= 4 is 0 Å². The quantitative estimate of drug-likeness (QED) is 0.740. The van der Waals surface area contributed by atoms with Crippen LogP contribution in [0.5, 0.6) is 0 Å². The van der Waals surface area contributed by atoms with E-state index < -0.39 is 0 Å². The molecule has 0 amide bonds. The van der Waals surface area contributed by atoms with E-state index in [-0.39, 0.29) is 0 Å². The standard InChI is InChI=1S/C10H19N5/c1-2-15-8-13-14-10(15)7-12-9-4-3-5-11-6-9/h8-9,11-12H,2-7H2,1H3. The number of rotatable bonds is 4. The van der Waals surface area contributed by atoms with E-state index in [0.717, 1.165) is 32.0 Å². The minimum atomic E-state index is 0.584. The predicted molar refractivity (Wildman–Crippen MR) is 58.4 cm³/mol. The summed E-state index contributed by atoms with van der Waals surface area (Å²) in [4.78, 5) is 0. The molecule has 84 valence electrons. The molecule has 1 aliphatic rings. The van der Waals surface area contributed by atoms with Gasteiger partial charge in [-0.15, -0.1) is 10.2 Å². The van der Waals surface area contributed by atoms with E-state index in [1.807, 2.05) is 0 Å². The average Bonchev–Trinajstić information content (AvgIpc) is 2.75. The third kappa shape index (κ3) is 2.76. The third-order valence-corrected chi connectivity index (χ3v) is 2.88. The van der Waals surface area contributed by atoms with Gasteiger partial charge in [-0.25, -0.2) is 0 Å². The number of nitrogens with one attached hydrogen (secondary N) is 2. The summed E-state index contributed by atoms with van der Waals surface area (Å²) in [5.74, 6) is 1.03. The second-order valence-electron chi connectivity index (χ2n) is 3.96. The van der Waals surface area contributed by atoms with Crippen molar-refractivity contribution in [3.8, 4) is 0 Å². The maximum Gasteiger partial charge on any atom is 0.146 e. The third-order valence-electron chi connectivity index (χ3n) is 2.88. The first-order valence-electron chi connectivity index (χ1n) is 5.71. The molecular formula is C10H19N5. The van der Waals surface area contributed by atoms with Crippen molar-refractivity contribution in [2.24, 2.45) is 0 Å². The highest BCUT2D eigenvalue weighted by Gasteiger charge is 2.12. The van der Waals surface area contributed by atoms with Crippen LogP contribution in [0.15, 0.2) is 6.33 Å². The maximum atomic E-state index is 4.10. The first-order valence-corrected chi connectivity index (χ1v) is 5.71. The lowest BCUT2D eigenvalue weighted by molar-refractivity contribution is 0.383. The van der Waals surface area contributed by atoms with Crippen LogP contribution >= 0.6 is 0 Å². The van der Waals surface area contributed by atoms with Gasteiger partial charge < -0.3 is 15.2 Å². The molecule has 1 fully saturated rings. The molecule has 0 spiro atoms. The highest BCUT2D eigenvalue weighted by molar-refractivity contribution is 4.86. The molecule has 15 heavy (non-hydrogen) atoms. The molecule has 1 atom stereocenters. The van der Waals surface area contributed by atoms with Crippen molar-refractivity contribution in [2.75, 3.05) is 13.1 Å². The Hall–Kier alpha value is -0.940. The highest BCUT2D eigenvalue weighted by atomic mass is 15.3. The van der Waals surface area contributed by atoms with Gasteiger partial charge in [-0.2, -0.15) is 0 Å². The summed E-state index contributed by atoms with van der Waals surface area (Å²) in [6.45, 7) is 6.09. The fourth-order valence-electron chi connectivity index (χ4n) is 1.94. The lowest BCUT2D eigenvalue weighted by Gasteiger charge is -2.23. The highest BCUT2D eigenvalue weighted by Crippen LogP contribution is 2.02. The van der Waals surface area contributed by atoms with Gasteiger partial charge in [0.2, 0.25) is 0 Å². The van der Waals surface area contributed by atoms with E-state index in [9.17, 15) is 0 Å². The Kier molecular flexibility index (Phi) is 3.69. The minimum absolute atomic E-state index is 0.584. The van der Waals surface area contributed by atoms with Gasteiger partial charge in [0, 0.05) is 19.1 Å². The zero-order chi connectivity index (χ0) is 10.5. The maximum absolute atomic E-state index is 4.10. The van der Waals surface area contributed by atoms with Gasteiger partial charge in [-0.05, 0) is 26.3 Å². The van der Waals surface area contributed by atoms with Gasteiger partial charge in [0.1, 0.15) is 12.2 Å². The first kappa shape index (κ1) is 10.6. The van der Waals surface area contributed by atoms with E-state index in [1.54, 1.807) is 6.33 Å². The Balaban J connectivity index is 1.81. The molecule has 2 N–H and O–H groups in total. The van der Waals surface area contributed by atoms with Gasteiger partial charge in [0.15, 0.2) is 0 Å². The van der Waals surface area contributed by atoms with Crippen molar-refractivity contribution in [1.82, 2.24) is 25.4 Å². The predicted octanol–water partition coefficient (Wildman–Crippen LogP) is 0.140. The number of hydrogen-bond donors (Lipinski definition) is 2. The Morgan fingerprint density at radius 1 is 1.67 bits per heavy atom. The molecule has 2 rings (SSSR count). The molecule has 5 heteroatoms. The molecule has 1 saturated heterocycles. The molecular weight excluding hydrogens is 190 g/mol. The largest absolute Gasteiger partial charge is 0.317 e. The lowest BCUT2D eigenvalue weighted by Crippen LogP contribution is -2.43. The van der Waals surface area contributed by atoms with E-state index >= 15 is 0 Å². The molecule has 0 aromatic carbocycles. The fourth-order valence-corrected chi connectivity index (χ4v) is 1.94. The zero-order valence-electron chi connectivity index (χ0n) is 9.24. The van der Waals surface area contributed by atoms with Crippen LogP contribution in [0.4, 0.5) is 0 Å². The molecule has 2 heterocycles. The zero-order valence-corrected chi connectivity index (χ0v) is 9.24. The summed E-state index contributed by atoms with van der Waals surface area (Å²) < 4.78 is 2.07. The molecule has 0 bridgehead atoms. The fraction of sp³-hybridized carbons (Fsp3) is 0.800. The minimum Gasteiger partial charge on any atom is -0.317 e. The van der Waals surface area contributed by atoms with Gasteiger partial charge >= 0.3 is 0 Å².